The summed E-state index contributed by atoms with van der Waals surface area (Å²) in [7, 11) is 0. The van der Waals surface area contributed by atoms with Crippen molar-refractivity contribution in [3.05, 3.63) is 61.4 Å². The number of hydrogen-bond donors (Lipinski definition) is 0. The highest BCUT2D eigenvalue weighted by Crippen LogP contribution is 2.25. The minimum Gasteiger partial charge on any atom is -0.487 e. The van der Waals surface area contributed by atoms with Crippen molar-refractivity contribution in [3.63, 3.8) is 0 Å². The van der Waals surface area contributed by atoms with Gasteiger partial charge in [-0.1, -0.05) is 37.1 Å². The Morgan fingerprint density at radius 3 is 2.81 bits per heavy atom. The van der Waals surface area contributed by atoms with E-state index in [1.807, 2.05) is 25.1 Å². The SMILES string of the molecule is CCCCOc1c2n(cc(Br)c1=O)CCN(Cc1cccc(Cl)c1)C2=O. The largest absolute Gasteiger partial charge is 0.487 e. The molecule has 138 valence electrons. The standard InChI is InChI=1S/C19H20BrClN2O3/c1-2-3-9-26-18-16-19(25)23(11-13-5-4-6-14(21)10-13)8-7-22(16)12-15(20)17(18)24/h4-6,10,12H,2-3,7-9,11H2,1H3. The molecule has 7 heteroatoms. The van der Waals surface area contributed by atoms with Gasteiger partial charge < -0.3 is 14.2 Å². The first-order chi connectivity index (χ1) is 12.5. The molecule has 0 aliphatic carbocycles. The Morgan fingerprint density at radius 2 is 2.08 bits per heavy atom. The number of benzene rings is 1. The summed E-state index contributed by atoms with van der Waals surface area (Å²) >= 11 is 9.32. The van der Waals surface area contributed by atoms with Crippen LogP contribution in [0.5, 0.6) is 5.75 Å². The van der Waals surface area contributed by atoms with E-state index >= 15 is 0 Å². The number of hydrogen-bond acceptors (Lipinski definition) is 3. The van der Waals surface area contributed by atoms with E-state index < -0.39 is 0 Å². The summed E-state index contributed by atoms with van der Waals surface area (Å²) in [6, 6.07) is 7.44. The lowest BCUT2D eigenvalue weighted by Gasteiger charge is -2.31. The monoisotopic (exact) mass is 438 g/mol. The first-order valence-corrected chi connectivity index (χ1v) is 9.77. The zero-order chi connectivity index (χ0) is 18.7. The number of aromatic nitrogens is 1. The molecular formula is C19H20BrClN2O3. The zero-order valence-corrected chi connectivity index (χ0v) is 16.8. The van der Waals surface area contributed by atoms with Gasteiger partial charge in [0.2, 0.25) is 5.43 Å². The number of pyridine rings is 1. The number of fused-ring (bicyclic) bond motifs is 1. The summed E-state index contributed by atoms with van der Waals surface area (Å²) < 4.78 is 7.91. The number of rotatable bonds is 6. The van der Waals surface area contributed by atoms with E-state index in [0.29, 0.717) is 41.4 Å². The second-order valence-corrected chi connectivity index (χ2v) is 7.53. The van der Waals surface area contributed by atoms with Gasteiger partial charge in [0.25, 0.3) is 5.91 Å². The summed E-state index contributed by atoms with van der Waals surface area (Å²) in [5, 5.41) is 0.635. The number of ether oxygens (including phenoxy) is 1. The predicted molar refractivity (Wildman–Crippen MR) is 105 cm³/mol. The van der Waals surface area contributed by atoms with Crippen molar-refractivity contribution in [2.24, 2.45) is 0 Å². The van der Waals surface area contributed by atoms with E-state index in [0.717, 1.165) is 18.4 Å². The minimum absolute atomic E-state index is 0.133. The fourth-order valence-electron chi connectivity index (χ4n) is 2.94. The molecule has 1 aromatic carbocycles. The lowest BCUT2D eigenvalue weighted by Crippen LogP contribution is -2.41. The van der Waals surface area contributed by atoms with Crippen LogP contribution in [0.4, 0.5) is 0 Å². The van der Waals surface area contributed by atoms with Crippen LogP contribution in [-0.4, -0.2) is 28.5 Å². The van der Waals surface area contributed by atoms with Crippen LogP contribution in [0.25, 0.3) is 0 Å². The minimum atomic E-state index is -0.287. The molecule has 0 N–H and O–H groups in total. The summed E-state index contributed by atoms with van der Waals surface area (Å²) in [5.74, 6) is -0.0686. The fourth-order valence-corrected chi connectivity index (χ4v) is 3.58. The number of halogens is 2. The molecule has 1 amide bonds. The van der Waals surface area contributed by atoms with Crippen molar-refractivity contribution in [1.82, 2.24) is 9.47 Å². The lowest BCUT2D eigenvalue weighted by molar-refractivity contribution is 0.0680. The molecule has 0 unspecified atom stereocenters. The molecule has 1 aliphatic heterocycles. The third-order valence-electron chi connectivity index (χ3n) is 4.30. The van der Waals surface area contributed by atoms with E-state index in [9.17, 15) is 9.59 Å². The first-order valence-electron chi connectivity index (χ1n) is 8.60. The first kappa shape index (κ1) is 19.0. The number of unbranched alkanes of at least 4 members (excludes halogenated alkanes) is 1. The molecule has 1 aromatic heterocycles. The van der Waals surface area contributed by atoms with Gasteiger partial charge in [-0.05, 0) is 40.0 Å². The van der Waals surface area contributed by atoms with Gasteiger partial charge in [-0.25, -0.2) is 0 Å². The number of nitrogens with zero attached hydrogens (tertiary/aromatic N) is 2. The fraction of sp³-hybridized carbons (Fsp3) is 0.368. The van der Waals surface area contributed by atoms with Crippen molar-refractivity contribution < 1.29 is 9.53 Å². The lowest BCUT2D eigenvalue weighted by atomic mass is 10.1. The average molecular weight is 440 g/mol. The Labute approximate surface area is 165 Å². The molecule has 0 fully saturated rings. The third-order valence-corrected chi connectivity index (χ3v) is 5.10. The van der Waals surface area contributed by atoms with Crippen LogP contribution >= 0.6 is 27.5 Å². The molecule has 0 radical (unpaired) electrons. The topological polar surface area (TPSA) is 51.5 Å². The van der Waals surface area contributed by atoms with Crippen LogP contribution in [0.15, 0.2) is 39.7 Å². The summed E-state index contributed by atoms with van der Waals surface area (Å²) in [4.78, 5) is 27.3. The van der Waals surface area contributed by atoms with E-state index in [2.05, 4.69) is 15.9 Å². The number of carbonyl (C=O) groups is 1. The van der Waals surface area contributed by atoms with Crippen LogP contribution < -0.4 is 10.2 Å². The van der Waals surface area contributed by atoms with Gasteiger partial charge in [-0.3, -0.25) is 9.59 Å². The van der Waals surface area contributed by atoms with Gasteiger partial charge in [0.05, 0.1) is 11.1 Å². The van der Waals surface area contributed by atoms with Gasteiger partial charge in [0.1, 0.15) is 0 Å². The second-order valence-electron chi connectivity index (χ2n) is 6.24. The van der Waals surface area contributed by atoms with Crippen LogP contribution in [0.3, 0.4) is 0 Å². The van der Waals surface area contributed by atoms with E-state index in [1.165, 1.54) is 0 Å². The molecule has 0 spiro atoms. The molecule has 0 bridgehead atoms. The smallest absolute Gasteiger partial charge is 0.274 e. The Balaban J connectivity index is 1.92. The maximum atomic E-state index is 13.1. The molecule has 5 nitrogen and oxygen atoms in total. The highest BCUT2D eigenvalue weighted by Gasteiger charge is 2.30. The highest BCUT2D eigenvalue weighted by molar-refractivity contribution is 9.10. The summed E-state index contributed by atoms with van der Waals surface area (Å²) in [5.41, 5.74) is 0.986. The molecule has 3 rings (SSSR count). The molecule has 2 heterocycles. The molecule has 0 saturated carbocycles. The maximum Gasteiger partial charge on any atom is 0.274 e. The summed E-state index contributed by atoms with van der Waals surface area (Å²) in [6.45, 7) is 4.06. The normalized spacial score (nSPS) is 13.7. The van der Waals surface area contributed by atoms with Crippen molar-refractivity contribution in [3.8, 4) is 5.75 Å². The van der Waals surface area contributed by atoms with Gasteiger partial charge >= 0.3 is 0 Å². The van der Waals surface area contributed by atoms with E-state index in [-0.39, 0.29) is 17.1 Å². The van der Waals surface area contributed by atoms with Crippen LogP contribution in [-0.2, 0) is 13.1 Å². The number of carbonyl (C=O) groups excluding carboxylic acids is 1. The van der Waals surface area contributed by atoms with Crippen LogP contribution in [0.2, 0.25) is 5.02 Å². The summed E-state index contributed by atoms with van der Waals surface area (Å²) in [6.07, 6.45) is 3.44. The Hall–Kier alpha value is -1.79. The Bertz CT molecular complexity index is 882. The van der Waals surface area contributed by atoms with Crippen LogP contribution in [0, 0.1) is 0 Å². The third kappa shape index (κ3) is 3.96. The van der Waals surface area contributed by atoms with Gasteiger partial charge in [-0.15, -0.1) is 0 Å². The molecular weight excluding hydrogens is 420 g/mol. The maximum absolute atomic E-state index is 13.1. The zero-order valence-electron chi connectivity index (χ0n) is 14.5. The van der Waals surface area contributed by atoms with E-state index in [1.54, 1.807) is 21.7 Å². The van der Waals surface area contributed by atoms with Crippen molar-refractivity contribution in [1.29, 1.82) is 0 Å². The molecule has 2 aromatic rings. The van der Waals surface area contributed by atoms with Crippen LogP contribution in [0.1, 0.15) is 35.8 Å². The number of amides is 1. The second kappa shape index (κ2) is 8.27. The Morgan fingerprint density at radius 1 is 1.27 bits per heavy atom. The van der Waals surface area contributed by atoms with Crippen molar-refractivity contribution in [2.45, 2.75) is 32.9 Å². The molecule has 0 atom stereocenters. The molecule has 1 aliphatic rings. The molecule has 0 saturated heterocycles. The quantitative estimate of drug-likeness (QED) is 0.637. The Kier molecular flexibility index (Phi) is 6.04. The predicted octanol–water partition coefficient (Wildman–Crippen LogP) is 4.10. The van der Waals surface area contributed by atoms with Crippen molar-refractivity contribution >= 4 is 33.4 Å². The van der Waals surface area contributed by atoms with Gasteiger partial charge in [0.15, 0.2) is 11.4 Å². The highest BCUT2D eigenvalue weighted by atomic mass is 79.9. The van der Waals surface area contributed by atoms with Crippen molar-refractivity contribution in [2.75, 3.05) is 13.2 Å². The van der Waals surface area contributed by atoms with E-state index in [4.69, 9.17) is 16.3 Å². The average Bonchev–Trinajstić information content (AvgIpc) is 2.61. The van der Waals surface area contributed by atoms with Gasteiger partial charge in [0, 0.05) is 30.9 Å². The molecule has 26 heavy (non-hydrogen) atoms. The van der Waals surface area contributed by atoms with Gasteiger partial charge in [-0.2, -0.15) is 0 Å².